The average molecular weight is 433 g/mol. The summed E-state index contributed by atoms with van der Waals surface area (Å²) in [7, 11) is 0. The third-order valence-electron chi connectivity index (χ3n) is 5.52. The molecule has 0 aliphatic carbocycles. The number of hydrogen-bond acceptors (Lipinski definition) is 6. The Hall–Kier alpha value is -3.03. The Morgan fingerprint density at radius 3 is 2.61 bits per heavy atom. The molecule has 0 spiro atoms. The van der Waals surface area contributed by atoms with E-state index in [1.807, 2.05) is 55.5 Å². The predicted molar refractivity (Wildman–Crippen MR) is 130 cm³/mol. The lowest BCUT2D eigenvalue weighted by atomic mass is 10.1. The molecule has 2 aliphatic rings. The Morgan fingerprint density at radius 2 is 1.84 bits per heavy atom. The molecular formula is C24H24N4O2S. The van der Waals surface area contributed by atoms with Gasteiger partial charge in [0, 0.05) is 29.9 Å². The van der Waals surface area contributed by atoms with E-state index in [1.165, 1.54) is 11.8 Å². The van der Waals surface area contributed by atoms with Gasteiger partial charge >= 0.3 is 0 Å². The molecule has 6 nitrogen and oxygen atoms in total. The first-order chi connectivity index (χ1) is 15.2. The fourth-order valence-corrected chi connectivity index (χ4v) is 4.69. The number of amides is 1. The van der Waals surface area contributed by atoms with E-state index in [-0.39, 0.29) is 11.2 Å². The van der Waals surface area contributed by atoms with Gasteiger partial charge in [-0.1, -0.05) is 36.0 Å². The van der Waals surface area contributed by atoms with Gasteiger partial charge in [0.15, 0.2) is 5.17 Å². The second kappa shape index (κ2) is 8.61. The first-order valence-corrected chi connectivity index (χ1v) is 11.3. The van der Waals surface area contributed by atoms with E-state index in [9.17, 15) is 4.79 Å². The number of amidine groups is 1. The van der Waals surface area contributed by atoms with Crippen molar-refractivity contribution in [3.05, 3.63) is 60.7 Å². The van der Waals surface area contributed by atoms with Crippen molar-refractivity contribution in [2.75, 3.05) is 41.8 Å². The molecule has 0 aromatic heterocycles. The summed E-state index contributed by atoms with van der Waals surface area (Å²) in [5.41, 5.74) is 3.90. The van der Waals surface area contributed by atoms with E-state index >= 15 is 0 Å². The fourth-order valence-electron chi connectivity index (χ4n) is 3.87. The average Bonchev–Trinajstić information content (AvgIpc) is 2.80. The summed E-state index contributed by atoms with van der Waals surface area (Å²) in [5.74, 6) is -0.0503. The van der Waals surface area contributed by atoms with Crippen LogP contribution in [0.1, 0.15) is 6.92 Å². The number of aliphatic imine (C=N–C) groups is 1. The Balaban J connectivity index is 1.24. The molecule has 3 aromatic rings. The van der Waals surface area contributed by atoms with Crippen LogP contribution in [0, 0.1) is 0 Å². The molecule has 0 radical (unpaired) electrons. The van der Waals surface area contributed by atoms with Crippen LogP contribution in [0.3, 0.4) is 0 Å². The normalized spacial score (nSPS) is 16.4. The van der Waals surface area contributed by atoms with Crippen LogP contribution in [0.15, 0.2) is 65.7 Å². The van der Waals surface area contributed by atoms with Crippen LogP contribution >= 0.6 is 11.8 Å². The molecule has 5 rings (SSSR count). The number of hydrogen-bond donors (Lipinski definition) is 2. The second-order valence-corrected chi connectivity index (χ2v) is 8.95. The standard InChI is InChI=1S/C24H24N4O2S/c1-16(23(29)25-18-8-10-19(11-9-18)28-12-14-30-15-13-28)31-24-26-20-6-2-4-17-5-3-7-21(27-24)22(17)20/h2-11,16H,12-15H2,1H3,(H,25,29)(H,26,27). The predicted octanol–water partition coefficient (Wildman–Crippen LogP) is 4.85. The lowest BCUT2D eigenvalue weighted by Crippen LogP contribution is -2.36. The Morgan fingerprint density at radius 1 is 1.10 bits per heavy atom. The highest BCUT2D eigenvalue weighted by Gasteiger charge is 2.21. The van der Waals surface area contributed by atoms with Crippen molar-refractivity contribution in [3.8, 4) is 0 Å². The van der Waals surface area contributed by atoms with Crippen molar-refractivity contribution in [3.63, 3.8) is 0 Å². The van der Waals surface area contributed by atoms with Crippen LogP contribution < -0.4 is 15.5 Å². The largest absolute Gasteiger partial charge is 0.378 e. The maximum Gasteiger partial charge on any atom is 0.237 e. The summed E-state index contributed by atoms with van der Waals surface area (Å²) >= 11 is 1.43. The Kier molecular flexibility index (Phi) is 5.53. The van der Waals surface area contributed by atoms with Crippen molar-refractivity contribution in [2.24, 2.45) is 4.99 Å². The van der Waals surface area contributed by atoms with Crippen LogP contribution in [0.2, 0.25) is 0 Å². The maximum absolute atomic E-state index is 12.8. The van der Waals surface area contributed by atoms with Gasteiger partial charge < -0.3 is 20.3 Å². The van der Waals surface area contributed by atoms with E-state index in [0.717, 1.165) is 65.0 Å². The lowest BCUT2D eigenvalue weighted by Gasteiger charge is -2.29. The highest BCUT2D eigenvalue weighted by Crippen LogP contribution is 2.37. The number of carbonyl (C=O) groups is 1. The number of nitrogens with zero attached hydrogens (tertiary/aromatic N) is 2. The molecule has 3 aromatic carbocycles. The zero-order valence-corrected chi connectivity index (χ0v) is 18.1. The molecule has 1 unspecified atom stereocenters. The topological polar surface area (TPSA) is 66.0 Å². The van der Waals surface area contributed by atoms with E-state index in [4.69, 9.17) is 9.73 Å². The Bertz CT molecular complexity index is 1130. The lowest BCUT2D eigenvalue weighted by molar-refractivity contribution is -0.115. The summed E-state index contributed by atoms with van der Waals surface area (Å²) in [6.45, 7) is 5.19. The van der Waals surface area contributed by atoms with Gasteiger partial charge in [-0.2, -0.15) is 0 Å². The van der Waals surface area contributed by atoms with Crippen LogP contribution in [-0.2, 0) is 9.53 Å². The van der Waals surface area contributed by atoms with Gasteiger partial charge in [0.2, 0.25) is 5.91 Å². The van der Waals surface area contributed by atoms with Crippen molar-refractivity contribution in [1.29, 1.82) is 0 Å². The molecule has 0 bridgehead atoms. The van der Waals surface area contributed by atoms with E-state index < -0.39 is 0 Å². The van der Waals surface area contributed by atoms with Crippen LogP contribution in [-0.4, -0.2) is 42.6 Å². The highest BCUT2D eigenvalue weighted by molar-refractivity contribution is 8.15. The minimum Gasteiger partial charge on any atom is -0.378 e. The monoisotopic (exact) mass is 432 g/mol. The minimum atomic E-state index is -0.297. The molecule has 0 saturated carbocycles. The molecule has 1 atom stereocenters. The Labute approximate surface area is 185 Å². The van der Waals surface area contributed by atoms with Crippen molar-refractivity contribution >= 4 is 56.4 Å². The third kappa shape index (κ3) is 4.24. The quantitative estimate of drug-likeness (QED) is 0.617. The second-order valence-electron chi connectivity index (χ2n) is 7.62. The van der Waals surface area contributed by atoms with Gasteiger partial charge in [0.05, 0.1) is 29.8 Å². The summed E-state index contributed by atoms with van der Waals surface area (Å²) in [6, 6.07) is 20.2. The van der Waals surface area contributed by atoms with Crippen LogP contribution in [0.5, 0.6) is 0 Å². The molecule has 2 heterocycles. The molecule has 2 aliphatic heterocycles. The number of thioether (sulfide) groups is 1. The molecule has 158 valence electrons. The van der Waals surface area contributed by atoms with Crippen molar-refractivity contribution < 1.29 is 9.53 Å². The molecule has 1 fully saturated rings. The molecule has 1 saturated heterocycles. The number of ether oxygens (including phenoxy) is 1. The van der Waals surface area contributed by atoms with E-state index in [2.05, 4.69) is 27.7 Å². The minimum absolute atomic E-state index is 0.0503. The molecule has 2 N–H and O–H groups in total. The summed E-state index contributed by atoms with van der Waals surface area (Å²) in [5, 5.41) is 9.09. The first-order valence-electron chi connectivity index (χ1n) is 10.5. The van der Waals surface area contributed by atoms with Gasteiger partial charge in [-0.15, -0.1) is 0 Å². The van der Waals surface area contributed by atoms with E-state index in [1.54, 1.807) is 0 Å². The van der Waals surface area contributed by atoms with Gasteiger partial charge in [0.1, 0.15) is 0 Å². The zero-order chi connectivity index (χ0) is 21.2. The van der Waals surface area contributed by atoms with Crippen molar-refractivity contribution in [2.45, 2.75) is 12.2 Å². The molecule has 31 heavy (non-hydrogen) atoms. The van der Waals surface area contributed by atoms with Gasteiger partial charge in [-0.25, -0.2) is 4.99 Å². The number of anilines is 3. The number of benzene rings is 3. The van der Waals surface area contributed by atoms with E-state index in [0.29, 0.717) is 0 Å². The fraction of sp³-hybridized carbons (Fsp3) is 0.250. The van der Waals surface area contributed by atoms with Crippen molar-refractivity contribution in [1.82, 2.24) is 0 Å². The summed E-state index contributed by atoms with van der Waals surface area (Å²) < 4.78 is 5.41. The number of carbonyl (C=O) groups excluding carboxylic acids is 1. The SMILES string of the molecule is CC(SC1=Nc2cccc3cccc(c23)N1)C(=O)Nc1ccc(N2CCOCC2)cc1. The summed E-state index contributed by atoms with van der Waals surface area (Å²) in [4.78, 5) is 19.8. The number of rotatable bonds is 4. The van der Waals surface area contributed by atoms with Crippen LogP contribution in [0.25, 0.3) is 10.8 Å². The van der Waals surface area contributed by atoms with Gasteiger partial charge in [-0.3, -0.25) is 4.79 Å². The number of nitrogens with one attached hydrogen (secondary N) is 2. The molecule has 7 heteroatoms. The first kappa shape index (κ1) is 19.9. The smallest absolute Gasteiger partial charge is 0.237 e. The summed E-state index contributed by atoms with van der Waals surface area (Å²) in [6.07, 6.45) is 0. The van der Waals surface area contributed by atoms with Gasteiger partial charge in [0.25, 0.3) is 0 Å². The number of morpholine rings is 1. The molecular weight excluding hydrogens is 408 g/mol. The highest BCUT2D eigenvalue weighted by atomic mass is 32.2. The van der Waals surface area contributed by atoms with Crippen LogP contribution in [0.4, 0.5) is 22.7 Å². The maximum atomic E-state index is 12.8. The molecule has 1 amide bonds. The zero-order valence-electron chi connectivity index (χ0n) is 17.3. The van der Waals surface area contributed by atoms with Gasteiger partial charge in [-0.05, 0) is 48.7 Å². The third-order valence-corrected chi connectivity index (χ3v) is 6.50.